The highest BCUT2D eigenvalue weighted by Gasteiger charge is 2.09. The van der Waals surface area contributed by atoms with Crippen molar-refractivity contribution in [3.63, 3.8) is 0 Å². The number of rotatable bonds is 6. The smallest absolute Gasteiger partial charge is 0.256 e. The Balaban J connectivity index is 1.59. The van der Waals surface area contributed by atoms with E-state index in [0.717, 1.165) is 4.47 Å². The van der Waals surface area contributed by atoms with Crippen LogP contribution in [0.5, 0.6) is 0 Å². The van der Waals surface area contributed by atoms with Crippen LogP contribution in [0.25, 0.3) is 0 Å². The summed E-state index contributed by atoms with van der Waals surface area (Å²) in [5.74, 6) is -0.140. The van der Waals surface area contributed by atoms with Gasteiger partial charge in [0.05, 0.1) is 17.3 Å². The molecule has 0 saturated carbocycles. The highest BCUT2D eigenvalue weighted by molar-refractivity contribution is 9.10. The van der Waals surface area contributed by atoms with Gasteiger partial charge in [-0.15, -0.1) is 0 Å². The van der Waals surface area contributed by atoms with E-state index in [0.29, 0.717) is 27.8 Å². The number of benzene rings is 2. The lowest BCUT2D eigenvalue weighted by Crippen LogP contribution is -2.22. The average Bonchev–Trinajstić information content (AvgIpc) is 2.69. The van der Waals surface area contributed by atoms with E-state index in [1.54, 1.807) is 54.7 Å². The second kappa shape index (κ2) is 9.34. The van der Waals surface area contributed by atoms with Crippen LogP contribution in [-0.2, 0) is 4.79 Å². The minimum Gasteiger partial charge on any atom is -0.375 e. The molecule has 2 aromatic carbocycles. The van der Waals surface area contributed by atoms with Crippen LogP contribution in [0.15, 0.2) is 71.3 Å². The summed E-state index contributed by atoms with van der Waals surface area (Å²) in [7, 11) is 0. The van der Waals surface area contributed by atoms with Gasteiger partial charge in [-0.1, -0.05) is 29.8 Å². The van der Waals surface area contributed by atoms with Crippen LogP contribution in [-0.4, -0.2) is 23.3 Å². The quantitative estimate of drug-likeness (QED) is 0.494. The maximum absolute atomic E-state index is 12.4. The highest BCUT2D eigenvalue weighted by atomic mass is 79.9. The van der Waals surface area contributed by atoms with Gasteiger partial charge in [-0.25, -0.2) is 4.98 Å². The topological polar surface area (TPSA) is 83.1 Å². The first-order chi connectivity index (χ1) is 13.5. The molecular formula is C20H16BrClN4O2. The van der Waals surface area contributed by atoms with E-state index in [-0.39, 0.29) is 18.4 Å². The molecule has 0 aliphatic heterocycles. The maximum atomic E-state index is 12.4. The number of halogens is 2. The fourth-order valence-electron chi connectivity index (χ4n) is 2.36. The predicted octanol–water partition coefficient (Wildman–Crippen LogP) is 4.80. The highest BCUT2D eigenvalue weighted by Crippen LogP contribution is 2.20. The number of anilines is 3. The van der Waals surface area contributed by atoms with Gasteiger partial charge in [0.2, 0.25) is 5.91 Å². The Morgan fingerprint density at radius 3 is 2.57 bits per heavy atom. The fraction of sp³-hybridized carbons (Fsp3) is 0.0500. The molecular weight excluding hydrogens is 444 g/mol. The molecule has 142 valence electrons. The molecule has 0 unspecified atom stereocenters. The minimum atomic E-state index is -0.319. The van der Waals surface area contributed by atoms with Gasteiger partial charge < -0.3 is 16.0 Å². The van der Waals surface area contributed by atoms with Gasteiger partial charge in [-0.2, -0.15) is 0 Å². The fourth-order valence-corrected chi connectivity index (χ4v) is 2.80. The summed E-state index contributed by atoms with van der Waals surface area (Å²) < 4.78 is 0.820. The van der Waals surface area contributed by atoms with Crippen molar-refractivity contribution in [1.29, 1.82) is 0 Å². The summed E-state index contributed by atoms with van der Waals surface area (Å²) in [6, 6.07) is 17.3. The normalized spacial score (nSPS) is 10.2. The summed E-state index contributed by atoms with van der Waals surface area (Å²) >= 11 is 9.34. The zero-order valence-electron chi connectivity index (χ0n) is 14.6. The van der Waals surface area contributed by atoms with Gasteiger partial charge in [0.1, 0.15) is 5.82 Å². The molecule has 0 bridgehead atoms. The van der Waals surface area contributed by atoms with E-state index in [4.69, 9.17) is 11.6 Å². The molecule has 1 heterocycles. The summed E-state index contributed by atoms with van der Waals surface area (Å²) in [6.07, 6.45) is 1.60. The summed E-state index contributed by atoms with van der Waals surface area (Å²) in [5, 5.41) is 8.97. The number of hydrogen-bond donors (Lipinski definition) is 3. The van der Waals surface area contributed by atoms with Crippen molar-refractivity contribution in [3.05, 3.63) is 81.9 Å². The Hall–Kier alpha value is -2.90. The third kappa shape index (κ3) is 5.55. The molecule has 8 heteroatoms. The molecule has 2 amide bonds. The molecule has 3 rings (SSSR count). The third-order valence-electron chi connectivity index (χ3n) is 3.69. The largest absolute Gasteiger partial charge is 0.375 e. The van der Waals surface area contributed by atoms with Crippen molar-refractivity contribution in [2.45, 2.75) is 0 Å². The Labute approximate surface area is 175 Å². The number of pyridine rings is 1. The molecule has 0 spiro atoms. The lowest BCUT2D eigenvalue weighted by molar-refractivity contribution is -0.114. The number of para-hydroxylation sites is 1. The number of aromatic nitrogens is 1. The van der Waals surface area contributed by atoms with Gasteiger partial charge in [-0.05, 0) is 58.4 Å². The van der Waals surface area contributed by atoms with Crippen molar-refractivity contribution in [2.24, 2.45) is 0 Å². The molecule has 3 aromatic rings. The van der Waals surface area contributed by atoms with Crippen molar-refractivity contribution in [1.82, 2.24) is 4.98 Å². The Bertz CT molecular complexity index is 996. The molecule has 0 atom stereocenters. The van der Waals surface area contributed by atoms with Crippen molar-refractivity contribution in [2.75, 3.05) is 22.5 Å². The molecule has 0 aliphatic rings. The second-order valence-electron chi connectivity index (χ2n) is 5.78. The van der Waals surface area contributed by atoms with Crippen LogP contribution in [0.4, 0.5) is 17.2 Å². The van der Waals surface area contributed by atoms with Crippen molar-refractivity contribution >= 4 is 56.5 Å². The van der Waals surface area contributed by atoms with Gasteiger partial charge in [0.25, 0.3) is 5.91 Å². The van der Waals surface area contributed by atoms with Crippen LogP contribution in [0.3, 0.4) is 0 Å². The Kier molecular flexibility index (Phi) is 6.62. The number of hydrogen-bond acceptors (Lipinski definition) is 4. The molecule has 0 fully saturated rings. The third-order valence-corrected chi connectivity index (χ3v) is 4.49. The zero-order valence-corrected chi connectivity index (χ0v) is 16.9. The number of nitrogens with one attached hydrogen (secondary N) is 3. The molecule has 3 N–H and O–H groups in total. The predicted molar refractivity (Wildman–Crippen MR) is 115 cm³/mol. The summed E-state index contributed by atoms with van der Waals surface area (Å²) in [6.45, 7) is 0.0446. The Morgan fingerprint density at radius 2 is 1.82 bits per heavy atom. The van der Waals surface area contributed by atoms with Gasteiger partial charge in [-0.3, -0.25) is 9.59 Å². The van der Waals surface area contributed by atoms with Crippen LogP contribution in [0.2, 0.25) is 5.02 Å². The first-order valence-corrected chi connectivity index (χ1v) is 9.49. The van der Waals surface area contributed by atoms with E-state index in [2.05, 4.69) is 36.9 Å². The van der Waals surface area contributed by atoms with Gasteiger partial charge in [0, 0.05) is 21.9 Å². The SMILES string of the molecule is O=C(CNc1ccccc1Cl)Nc1cccc(C(=O)Nc2ccc(Br)cn2)c1. The molecule has 0 radical (unpaired) electrons. The molecule has 0 aliphatic carbocycles. The Morgan fingerprint density at radius 1 is 1.00 bits per heavy atom. The zero-order chi connectivity index (χ0) is 19.9. The number of carbonyl (C=O) groups excluding carboxylic acids is 2. The summed E-state index contributed by atoms with van der Waals surface area (Å²) in [5.41, 5.74) is 1.60. The number of nitrogens with zero attached hydrogens (tertiary/aromatic N) is 1. The first kappa shape index (κ1) is 19.9. The van der Waals surface area contributed by atoms with Crippen LogP contribution in [0, 0.1) is 0 Å². The number of carbonyl (C=O) groups is 2. The van der Waals surface area contributed by atoms with Gasteiger partial charge >= 0.3 is 0 Å². The molecule has 1 aromatic heterocycles. The van der Waals surface area contributed by atoms with Crippen molar-refractivity contribution < 1.29 is 9.59 Å². The first-order valence-electron chi connectivity index (χ1n) is 8.32. The number of amides is 2. The van der Waals surface area contributed by atoms with E-state index in [1.165, 1.54) is 0 Å². The van der Waals surface area contributed by atoms with Crippen LogP contribution in [0.1, 0.15) is 10.4 Å². The lowest BCUT2D eigenvalue weighted by Gasteiger charge is -2.10. The molecule has 28 heavy (non-hydrogen) atoms. The second-order valence-corrected chi connectivity index (χ2v) is 7.10. The monoisotopic (exact) mass is 458 g/mol. The van der Waals surface area contributed by atoms with E-state index in [9.17, 15) is 9.59 Å². The standard InChI is InChI=1S/C20H16BrClN4O2/c21-14-8-9-18(24-11-14)26-20(28)13-4-3-5-15(10-13)25-19(27)12-23-17-7-2-1-6-16(17)22/h1-11,23H,12H2,(H,25,27)(H,24,26,28). The minimum absolute atomic E-state index is 0.0446. The van der Waals surface area contributed by atoms with E-state index >= 15 is 0 Å². The van der Waals surface area contributed by atoms with E-state index < -0.39 is 0 Å². The molecule has 6 nitrogen and oxygen atoms in total. The maximum Gasteiger partial charge on any atom is 0.256 e. The van der Waals surface area contributed by atoms with E-state index in [1.807, 2.05) is 12.1 Å². The van der Waals surface area contributed by atoms with Crippen LogP contribution < -0.4 is 16.0 Å². The van der Waals surface area contributed by atoms with Crippen LogP contribution >= 0.6 is 27.5 Å². The molecule has 0 saturated heterocycles. The van der Waals surface area contributed by atoms with Crippen molar-refractivity contribution in [3.8, 4) is 0 Å². The lowest BCUT2D eigenvalue weighted by atomic mass is 10.2. The summed E-state index contributed by atoms with van der Waals surface area (Å²) in [4.78, 5) is 28.7. The van der Waals surface area contributed by atoms with Gasteiger partial charge in [0.15, 0.2) is 0 Å². The average molecular weight is 460 g/mol.